The van der Waals surface area contributed by atoms with Gasteiger partial charge in [-0.1, -0.05) is 17.2 Å². The van der Waals surface area contributed by atoms with E-state index in [9.17, 15) is 8.78 Å². The fourth-order valence-corrected chi connectivity index (χ4v) is 3.19. The minimum atomic E-state index is -0.437. The Labute approximate surface area is 168 Å². The first-order valence-electron chi connectivity index (χ1n) is 8.90. The standard InChI is InChI=1S/C18H21F2N7.ClH/c19-15-5-3-14(4-6-15)17(24-25-21)2-1-7-26-8-10-27(11-9-26)18-22-12-16(20)13-23-18;/h3-6,12-13,17H,1-2,7-11H2;1H. The molecule has 0 spiro atoms. The molecule has 1 aliphatic heterocycles. The van der Waals surface area contributed by atoms with E-state index in [1.54, 1.807) is 12.1 Å². The number of hydrogen-bond donors (Lipinski definition) is 0. The van der Waals surface area contributed by atoms with Crippen LogP contribution < -0.4 is 4.90 Å². The lowest BCUT2D eigenvalue weighted by Gasteiger charge is -2.34. The third-order valence-electron chi connectivity index (χ3n) is 4.66. The molecule has 0 bridgehead atoms. The van der Waals surface area contributed by atoms with Crippen molar-refractivity contribution in [2.75, 3.05) is 37.6 Å². The quantitative estimate of drug-likeness (QED) is 0.391. The van der Waals surface area contributed by atoms with Crippen molar-refractivity contribution in [3.8, 4) is 0 Å². The molecule has 7 nitrogen and oxygen atoms in total. The van der Waals surface area contributed by atoms with Crippen LogP contribution in [-0.2, 0) is 0 Å². The second kappa shape index (κ2) is 10.8. The van der Waals surface area contributed by atoms with Crippen LogP contribution in [0.2, 0.25) is 0 Å². The van der Waals surface area contributed by atoms with Crippen molar-refractivity contribution in [1.82, 2.24) is 14.9 Å². The molecule has 1 aromatic heterocycles. The Balaban J connectivity index is 0.00000280. The van der Waals surface area contributed by atoms with Crippen LogP contribution in [0.3, 0.4) is 0 Å². The molecule has 0 amide bonds. The van der Waals surface area contributed by atoms with E-state index < -0.39 is 5.82 Å². The highest BCUT2D eigenvalue weighted by atomic mass is 35.5. The maximum atomic E-state index is 13.1. The predicted octanol–water partition coefficient (Wildman–Crippen LogP) is 4.13. The topological polar surface area (TPSA) is 81.0 Å². The van der Waals surface area contributed by atoms with Crippen LogP contribution in [0.5, 0.6) is 0 Å². The van der Waals surface area contributed by atoms with E-state index in [-0.39, 0.29) is 24.3 Å². The summed E-state index contributed by atoms with van der Waals surface area (Å²) in [5.41, 5.74) is 9.61. The van der Waals surface area contributed by atoms with Gasteiger partial charge in [0, 0.05) is 31.1 Å². The average molecular weight is 410 g/mol. The molecule has 0 aliphatic carbocycles. The minimum absolute atomic E-state index is 0. The first-order chi connectivity index (χ1) is 13.2. The number of aromatic nitrogens is 2. The lowest BCUT2D eigenvalue weighted by Crippen LogP contribution is -2.47. The highest BCUT2D eigenvalue weighted by Crippen LogP contribution is 2.24. The molecule has 1 unspecified atom stereocenters. The van der Waals surface area contributed by atoms with E-state index in [1.807, 2.05) is 4.90 Å². The van der Waals surface area contributed by atoms with Crippen molar-refractivity contribution >= 4 is 18.4 Å². The Morgan fingerprint density at radius 1 is 1.04 bits per heavy atom. The molecule has 0 radical (unpaired) electrons. The number of nitrogens with zero attached hydrogens (tertiary/aromatic N) is 7. The van der Waals surface area contributed by atoms with Gasteiger partial charge in [0.1, 0.15) is 5.82 Å². The van der Waals surface area contributed by atoms with E-state index in [1.165, 1.54) is 24.5 Å². The third kappa shape index (κ3) is 6.02. The van der Waals surface area contributed by atoms with Crippen molar-refractivity contribution in [2.45, 2.75) is 18.9 Å². The minimum Gasteiger partial charge on any atom is -0.338 e. The monoisotopic (exact) mass is 409 g/mol. The molecule has 3 rings (SSSR count). The zero-order valence-electron chi connectivity index (χ0n) is 15.3. The Bertz CT molecular complexity index is 774. The smallest absolute Gasteiger partial charge is 0.225 e. The molecule has 1 aromatic carbocycles. The second-order valence-corrected chi connectivity index (χ2v) is 6.44. The van der Waals surface area contributed by atoms with E-state index in [0.29, 0.717) is 12.4 Å². The van der Waals surface area contributed by atoms with Gasteiger partial charge in [0.05, 0.1) is 18.4 Å². The van der Waals surface area contributed by atoms with Crippen LogP contribution in [-0.4, -0.2) is 47.6 Å². The molecule has 2 aromatic rings. The molecule has 28 heavy (non-hydrogen) atoms. The Kier molecular flexibility index (Phi) is 8.38. The number of halogens is 3. The van der Waals surface area contributed by atoms with Gasteiger partial charge in [0.2, 0.25) is 5.95 Å². The average Bonchev–Trinajstić information content (AvgIpc) is 2.69. The van der Waals surface area contributed by atoms with Gasteiger partial charge in [-0.3, -0.25) is 4.90 Å². The van der Waals surface area contributed by atoms with E-state index in [4.69, 9.17) is 5.53 Å². The maximum Gasteiger partial charge on any atom is 0.225 e. The van der Waals surface area contributed by atoms with E-state index in [2.05, 4.69) is 24.9 Å². The largest absolute Gasteiger partial charge is 0.338 e. The summed E-state index contributed by atoms with van der Waals surface area (Å²) in [6.45, 7) is 4.18. The van der Waals surface area contributed by atoms with Crippen LogP contribution in [0, 0.1) is 11.6 Å². The molecule has 1 atom stereocenters. The molecule has 0 N–H and O–H groups in total. The Hall–Kier alpha value is -2.48. The van der Waals surface area contributed by atoms with Crippen molar-refractivity contribution in [3.05, 3.63) is 64.3 Å². The van der Waals surface area contributed by atoms with Gasteiger partial charge in [-0.15, -0.1) is 12.4 Å². The summed E-state index contributed by atoms with van der Waals surface area (Å²) in [6.07, 6.45) is 3.94. The van der Waals surface area contributed by atoms with Crippen LogP contribution in [0.15, 0.2) is 41.8 Å². The molecule has 1 fully saturated rings. The molecule has 150 valence electrons. The zero-order valence-corrected chi connectivity index (χ0v) is 16.1. The van der Waals surface area contributed by atoms with E-state index in [0.717, 1.165) is 44.7 Å². The number of benzene rings is 1. The van der Waals surface area contributed by atoms with Gasteiger partial charge in [-0.05, 0) is 42.6 Å². The Morgan fingerprint density at radius 3 is 2.29 bits per heavy atom. The van der Waals surface area contributed by atoms with Gasteiger partial charge in [-0.25, -0.2) is 18.7 Å². The molecule has 1 saturated heterocycles. The summed E-state index contributed by atoms with van der Waals surface area (Å²) in [7, 11) is 0. The van der Waals surface area contributed by atoms with Crippen molar-refractivity contribution in [2.24, 2.45) is 5.11 Å². The zero-order chi connectivity index (χ0) is 19.1. The van der Waals surface area contributed by atoms with Crippen molar-refractivity contribution in [3.63, 3.8) is 0 Å². The summed E-state index contributed by atoms with van der Waals surface area (Å²) in [6, 6.07) is 5.80. The van der Waals surface area contributed by atoms with Gasteiger partial charge >= 0.3 is 0 Å². The van der Waals surface area contributed by atoms with Gasteiger partial charge in [0.15, 0.2) is 5.82 Å². The van der Waals surface area contributed by atoms with Gasteiger partial charge < -0.3 is 4.90 Å². The summed E-state index contributed by atoms with van der Waals surface area (Å²) >= 11 is 0. The van der Waals surface area contributed by atoms with Crippen LogP contribution >= 0.6 is 12.4 Å². The van der Waals surface area contributed by atoms with Gasteiger partial charge in [0.25, 0.3) is 0 Å². The summed E-state index contributed by atoms with van der Waals surface area (Å²) in [4.78, 5) is 15.3. The lowest BCUT2D eigenvalue weighted by molar-refractivity contribution is 0.249. The molecule has 10 heteroatoms. The van der Waals surface area contributed by atoms with Crippen molar-refractivity contribution in [1.29, 1.82) is 0 Å². The molecule has 1 aliphatic rings. The fourth-order valence-electron chi connectivity index (χ4n) is 3.19. The highest BCUT2D eigenvalue weighted by Gasteiger charge is 2.19. The third-order valence-corrected chi connectivity index (χ3v) is 4.66. The molecular weight excluding hydrogens is 388 g/mol. The summed E-state index contributed by atoms with van der Waals surface area (Å²) in [5, 5.41) is 3.85. The second-order valence-electron chi connectivity index (χ2n) is 6.44. The fraction of sp³-hybridized carbons (Fsp3) is 0.444. The first kappa shape index (κ1) is 21.8. The number of hydrogen-bond acceptors (Lipinski definition) is 5. The number of azide groups is 1. The van der Waals surface area contributed by atoms with Crippen LogP contribution in [0.25, 0.3) is 10.4 Å². The van der Waals surface area contributed by atoms with Crippen LogP contribution in [0.4, 0.5) is 14.7 Å². The van der Waals surface area contributed by atoms with E-state index >= 15 is 0 Å². The lowest BCUT2D eigenvalue weighted by atomic mass is 10.0. The molecule has 2 heterocycles. The normalized spacial score (nSPS) is 15.4. The van der Waals surface area contributed by atoms with Gasteiger partial charge in [-0.2, -0.15) is 0 Å². The first-order valence-corrected chi connectivity index (χ1v) is 8.90. The number of anilines is 1. The summed E-state index contributed by atoms with van der Waals surface area (Å²) in [5.74, 6) is -0.189. The SMILES string of the molecule is Cl.[N-]=[N+]=NC(CCCN1CCN(c2ncc(F)cn2)CC1)c1ccc(F)cc1. The summed E-state index contributed by atoms with van der Waals surface area (Å²) < 4.78 is 26.0. The number of rotatable bonds is 7. The molecule has 0 saturated carbocycles. The number of piperazine rings is 1. The Morgan fingerprint density at radius 2 is 1.68 bits per heavy atom. The highest BCUT2D eigenvalue weighted by molar-refractivity contribution is 5.85. The molecular formula is C18H22ClF2N7. The maximum absolute atomic E-state index is 13.1. The van der Waals surface area contributed by atoms with Crippen LogP contribution in [0.1, 0.15) is 24.4 Å². The predicted molar refractivity (Wildman–Crippen MR) is 105 cm³/mol. The van der Waals surface area contributed by atoms with Crippen molar-refractivity contribution < 1.29 is 8.78 Å².